The number of ether oxygens (including phenoxy) is 6. The van der Waals surface area contributed by atoms with Gasteiger partial charge in [-0.15, -0.1) is 0 Å². The second kappa shape index (κ2) is 25.2. The maximum atomic E-state index is 13.5. The Bertz CT molecular complexity index is 2500. The Hall–Kier alpha value is -7.02. The van der Waals surface area contributed by atoms with Crippen molar-refractivity contribution in [3.8, 4) is 45.6 Å². The summed E-state index contributed by atoms with van der Waals surface area (Å²) in [7, 11) is 6.44. The molecule has 12 nitrogen and oxygen atoms in total. The van der Waals surface area contributed by atoms with Gasteiger partial charge < -0.3 is 50.5 Å². The lowest BCUT2D eigenvalue weighted by molar-refractivity contribution is -0.123. The zero-order valence-corrected chi connectivity index (χ0v) is 40.1. The van der Waals surface area contributed by atoms with Crippen LogP contribution >= 0.6 is 0 Å². The van der Waals surface area contributed by atoms with Crippen LogP contribution in [0, 0.1) is 0 Å². The normalized spacial score (nSPS) is 12.8. The predicted molar refractivity (Wildman–Crippen MR) is 268 cm³/mol. The van der Waals surface area contributed by atoms with E-state index in [2.05, 4.69) is 59.2 Å². The van der Waals surface area contributed by atoms with E-state index in [1.807, 2.05) is 92.7 Å². The minimum absolute atomic E-state index is 0.0105. The second-order valence-corrected chi connectivity index (χ2v) is 16.3. The number of unbranched alkanes of at least 4 members (excludes halogenated alkanes) is 1. The first-order chi connectivity index (χ1) is 33.2. The van der Waals surface area contributed by atoms with Crippen LogP contribution in [0.15, 0.2) is 133 Å². The molecule has 0 spiro atoms. The summed E-state index contributed by atoms with van der Waals surface area (Å²) < 4.78 is 33.1. The fourth-order valence-electron chi connectivity index (χ4n) is 8.61. The molecule has 7 rings (SSSR count). The fraction of sp³-hybridized carbons (Fsp3) is 0.321. The van der Waals surface area contributed by atoms with E-state index in [0.717, 1.165) is 53.0 Å². The summed E-state index contributed by atoms with van der Waals surface area (Å²) in [5.74, 6) is 4.17. The van der Waals surface area contributed by atoms with Crippen LogP contribution in [0.1, 0.15) is 97.3 Å². The van der Waals surface area contributed by atoms with Crippen molar-refractivity contribution in [3.05, 3.63) is 167 Å². The van der Waals surface area contributed by atoms with Gasteiger partial charge in [0.15, 0.2) is 0 Å². The van der Waals surface area contributed by atoms with Crippen LogP contribution in [0.25, 0.3) is 11.1 Å². The summed E-state index contributed by atoms with van der Waals surface area (Å²) >= 11 is 0. The first kappa shape index (κ1) is 50.4. The summed E-state index contributed by atoms with van der Waals surface area (Å²) in [6, 6.07) is 42.3. The Morgan fingerprint density at radius 2 is 1.03 bits per heavy atom. The molecule has 0 fully saturated rings. The lowest BCUT2D eigenvalue weighted by Crippen LogP contribution is -2.42. The van der Waals surface area contributed by atoms with Gasteiger partial charge >= 0.3 is 0 Å². The molecule has 0 aliphatic heterocycles. The summed E-state index contributed by atoms with van der Waals surface area (Å²) in [5.41, 5.74) is 20.3. The third kappa shape index (κ3) is 12.7. The van der Waals surface area contributed by atoms with Gasteiger partial charge in [0, 0.05) is 35.6 Å². The molecule has 1 aliphatic rings. The van der Waals surface area contributed by atoms with E-state index in [9.17, 15) is 9.59 Å². The van der Waals surface area contributed by atoms with Crippen molar-refractivity contribution >= 4 is 11.8 Å². The number of hydrogen-bond donors (Lipinski definition) is 4. The van der Waals surface area contributed by atoms with Crippen molar-refractivity contribution in [1.82, 2.24) is 10.6 Å². The molecule has 6 aromatic rings. The van der Waals surface area contributed by atoms with Crippen LogP contribution < -0.4 is 50.5 Å². The van der Waals surface area contributed by atoms with Gasteiger partial charge in [-0.2, -0.15) is 0 Å². The largest absolute Gasteiger partial charge is 0.497 e. The summed E-state index contributed by atoms with van der Waals surface area (Å²) in [6.45, 7) is 5.67. The van der Waals surface area contributed by atoms with Gasteiger partial charge in [-0.3, -0.25) is 9.59 Å². The third-order valence-electron chi connectivity index (χ3n) is 12.1. The maximum absolute atomic E-state index is 13.5. The molecular formula is C56H66N4O8. The number of fused-ring (bicyclic) bond motifs is 3. The minimum atomic E-state index is -0.606. The molecule has 6 N–H and O–H groups in total. The van der Waals surface area contributed by atoms with Gasteiger partial charge in [-0.25, -0.2) is 0 Å². The van der Waals surface area contributed by atoms with Crippen molar-refractivity contribution in [2.24, 2.45) is 11.5 Å². The van der Waals surface area contributed by atoms with Crippen LogP contribution in [-0.4, -0.2) is 66.1 Å². The molecule has 0 bridgehead atoms. The summed E-state index contributed by atoms with van der Waals surface area (Å²) in [5, 5.41) is 6.37. The SMILES string of the molecule is CCOc1ccc(C(NC(=O)C(N)CCCCN)c2ccc(OC)cc2OC)cc1.CCOc1ccc(C(NC(=O)CCC2c3ccccc3-c3ccccc32)c2ccc(OC)cc2OC)cc1. The van der Waals surface area contributed by atoms with Crippen LogP contribution in [0.2, 0.25) is 0 Å². The number of nitrogens with two attached hydrogens (primary N) is 2. The van der Waals surface area contributed by atoms with Crippen molar-refractivity contribution in [1.29, 1.82) is 0 Å². The van der Waals surface area contributed by atoms with E-state index in [1.165, 1.54) is 22.3 Å². The molecule has 3 atom stereocenters. The Balaban J connectivity index is 0.000000231. The molecule has 3 unspecified atom stereocenters. The molecule has 0 saturated heterocycles. The predicted octanol–water partition coefficient (Wildman–Crippen LogP) is 9.67. The lowest BCUT2D eigenvalue weighted by atomic mass is 9.91. The zero-order chi connectivity index (χ0) is 48.4. The van der Waals surface area contributed by atoms with Gasteiger partial charge in [-0.1, -0.05) is 79.2 Å². The van der Waals surface area contributed by atoms with Gasteiger partial charge in [-0.05, 0) is 122 Å². The Kier molecular flexibility index (Phi) is 18.7. The highest BCUT2D eigenvalue weighted by atomic mass is 16.5. The Morgan fingerprint density at radius 1 is 0.574 bits per heavy atom. The maximum Gasteiger partial charge on any atom is 0.237 e. The van der Waals surface area contributed by atoms with Gasteiger partial charge in [0.2, 0.25) is 11.8 Å². The van der Waals surface area contributed by atoms with E-state index in [1.54, 1.807) is 34.5 Å². The molecule has 2 amide bonds. The summed E-state index contributed by atoms with van der Waals surface area (Å²) in [4.78, 5) is 26.3. The average molecular weight is 923 g/mol. The third-order valence-corrected chi connectivity index (χ3v) is 12.1. The highest BCUT2D eigenvalue weighted by Crippen LogP contribution is 2.46. The topological polar surface area (TPSA) is 166 Å². The summed E-state index contributed by atoms with van der Waals surface area (Å²) in [6.07, 6.45) is 3.37. The molecular weight excluding hydrogens is 857 g/mol. The van der Waals surface area contributed by atoms with Crippen LogP contribution in [0.5, 0.6) is 34.5 Å². The van der Waals surface area contributed by atoms with E-state index >= 15 is 0 Å². The van der Waals surface area contributed by atoms with Gasteiger partial charge in [0.1, 0.15) is 34.5 Å². The lowest BCUT2D eigenvalue weighted by Gasteiger charge is -2.24. The second-order valence-electron chi connectivity index (χ2n) is 16.3. The molecule has 68 heavy (non-hydrogen) atoms. The molecule has 0 heterocycles. The molecule has 358 valence electrons. The zero-order valence-electron chi connectivity index (χ0n) is 40.1. The van der Waals surface area contributed by atoms with E-state index < -0.39 is 12.1 Å². The van der Waals surface area contributed by atoms with Gasteiger partial charge in [0.25, 0.3) is 0 Å². The van der Waals surface area contributed by atoms with Gasteiger partial charge in [0.05, 0.1) is 59.8 Å². The molecule has 12 heteroatoms. The number of hydrogen-bond acceptors (Lipinski definition) is 10. The van der Waals surface area contributed by atoms with Crippen molar-refractivity contribution in [3.63, 3.8) is 0 Å². The van der Waals surface area contributed by atoms with Crippen molar-refractivity contribution in [2.75, 3.05) is 48.2 Å². The first-order valence-corrected chi connectivity index (χ1v) is 23.3. The quantitative estimate of drug-likeness (QED) is 0.0482. The number of amides is 2. The minimum Gasteiger partial charge on any atom is -0.497 e. The van der Waals surface area contributed by atoms with Crippen LogP contribution in [0.3, 0.4) is 0 Å². The molecule has 0 radical (unpaired) electrons. The smallest absolute Gasteiger partial charge is 0.237 e. The number of carbonyl (C=O) groups is 2. The number of nitrogens with one attached hydrogen (secondary N) is 2. The molecule has 6 aromatic carbocycles. The average Bonchev–Trinajstić information content (AvgIpc) is 3.70. The van der Waals surface area contributed by atoms with E-state index in [0.29, 0.717) is 55.6 Å². The van der Waals surface area contributed by atoms with Crippen LogP contribution in [-0.2, 0) is 9.59 Å². The number of methoxy groups -OCH3 is 4. The Morgan fingerprint density at radius 3 is 1.47 bits per heavy atom. The highest BCUT2D eigenvalue weighted by Gasteiger charge is 2.29. The molecule has 1 aliphatic carbocycles. The van der Waals surface area contributed by atoms with Crippen molar-refractivity contribution < 1.29 is 38.0 Å². The molecule has 0 aromatic heterocycles. The highest BCUT2D eigenvalue weighted by molar-refractivity contribution is 5.83. The first-order valence-electron chi connectivity index (χ1n) is 23.3. The van der Waals surface area contributed by atoms with Crippen molar-refractivity contribution in [2.45, 2.75) is 70.0 Å². The fourth-order valence-corrected chi connectivity index (χ4v) is 8.61. The Labute approximate surface area is 401 Å². The molecule has 0 saturated carbocycles. The van der Waals surface area contributed by atoms with Crippen LogP contribution in [0.4, 0.5) is 0 Å². The monoisotopic (exact) mass is 922 g/mol. The van der Waals surface area contributed by atoms with E-state index in [4.69, 9.17) is 39.9 Å². The number of rotatable bonds is 22. The number of benzene rings is 6. The standard InChI is InChI=1S/C33H33NO4.C23H33N3O4/c1-4-38-23-15-13-22(14-16-23)33(30-18-17-24(36-2)21-31(30)37-3)34-32(35)20-19-29-27-11-7-5-9-25(27)26-10-6-8-12-28(26)29;1-4-30-17-10-8-16(9-11-17)22(26-23(27)20(25)7-5-6-14-24)19-13-12-18(28-2)15-21(19)29-3/h5-18,21,29,33H,4,19-20H2,1-3H3,(H,34,35);8-13,15,20,22H,4-7,14,24-25H2,1-3H3,(H,26,27). The van der Waals surface area contributed by atoms with E-state index in [-0.39, 0.29) is 23.8 Å². The number of carbonyl (C=O) groups excluding carboxylic acids is 2.